The number of para-hydroxylation sites is 1. The van der Waals surface area contributed by atoms with E-state index in [9.17, 15) is 0 Å². The zero-order valence-corrected chi connectivity index (χ0v) is 30.9. The first-order chi connectivity index (χ1) is 27.0. The van der Waals surface area contributed by atoms with Crippen LogP contribution in [0.5, 0.6) is 0 Å². The van der Waals surface area contributed by atoms with Gasteiger partial charge in [0.1, 0.15) is 11.2 Å². The van der Waals surface area contributed by atoms with Crippen molar-refractivity contribution >= 4 is 60.5 Å². The number of rotatable bonds is 5. The number of anilines is 3. The average molecular weight is 706 g/mol. The maximum atomic E-state index is 6.40. The van der Waals surface area contributed by atoms with Gasteiger partial charge in [-0.25, -0.2) is 0 Å². The number of benzene rings is 8. The first-order valence-electron chi connectivity index (χ1n) is 19.3. The fourth-order valence-electron chi connectivity index (χ4n) is 9.75. The Morgan fingerprint density at radius 1 is 0.509 bits per heavy atom. The maximum Gasteiger partial charge on any atom is 0.137 e. The van der Waals surface area contributed by atoms with Gasteiger partial charge in [-0.3, -0.25) is 0 Å². The Labute approximate surface area is 321 Å². The number of hydrogen-bond donors (Lipinski definition) is 0. The molecule has 2 aliphatic carbocycles. The molecule has 0 aliphatic heterocycles. The third-order valence-electron chi connectivity index (χ3n) is 12.3. The molecule has 0 saturated heterocycles. The highest BCUT2D eigenvalue weighted by atomic mass is 16.3. The van der Waals surface area contributed by atoms with E-state index in [-0.39, 0.29) is 5.41 Å². The van der Waals surface area contributed by atoms with Gasteiger partial charge < -0.3 is 9.32 Å². The van der Waals surface area contributed by atoms with E-state index in [1.807, 2.05) is 6.07 Å². The van der Waals surface area contributed by atoms with Gasteiger partial charge in [0, 0.05) is 22.7 Å². The van der Waals surface area contributed by atoms with Crippen molar-refractivity contribution in [2.24, 2.45) is 5.92 Å². The second-order valence-corrected chi connectivity index (χ2v) is 15.7. The molecule has 0 bridgehead atoms. The Morgan fingerprint density at radius 3 is 2.13 bits per heavy atom. The number of furan rings is 1. The predicted molar refractivity (Wildman–Crippen MR) is 232 cm³/mol. The second kappa shape index (κ2) is 12.2. The summed E-state index contributed by atoms with van der Waals surface area (Å²) in [6.07, 6.45) is 9.33. The van der Waals surface area contributed by atoms with Crippen LogP contribution in [-0.2, 0) is 5.41 Å². The standard InChI is InChI=1S/C53H39NO/c1-53(2)46-22-10-8-20-43(46)50-45(33-38-16-6-7-19-42(38)52(50)53)39-27-26-37-32-41(29-28-36(37)30-39)54(40-18-12-17-35(31-40)34-14-4-3-5-15-34)47-23-13-25-49-51(47)44-21-9-11-24-48(44)55-49/h3-33,43,46H,1-2H3. The summed E-state index contributed by atoms with van der Waals surface area (Å²) in [5, 5.41) is 7.33. The Kier molecular flexibility index (Phi) is 7.06. The minimum absolute atomic E-state index is 0.0209. The average Bonchev–Trinajstić information content (AvgIpc) is 3.74. The molecule has 2 aliphatic rings. The van der Waals surface area contributed by atoms with E-state index in [1.54, 1.807) is 0 Å². The molecule has 1 aromatic heterocycles. The van der Waals surface area contributed by atoms with Gasteiger partial charge in [-0.15, -0.1) is 0 Å². The van der Waals surface area contributed by atoms with E-state index in [1.165, 1.54) is 54.9 Å². The van der Waals surface area contributed by atoms with Crippen molar-refractivity contribution in [2.75, 3.05) is 4.90 Å². The normalized spacial score (nSPS) is 16.9. The summed E-state index contributed by atoms with van der Waals surface area (Å²) in [6.45, 7) is 4.87. The van der Waals surface area contributed by atoms with E-state index in [4.69, 9.17) is 4.42 Å². The van der Waals surface area contributed by atoms with Crippen molar-refractivity contribution in [3.05, 3.63) is 199 Å². The smallest absolute Gasteiger partial charge is 0.137 e. The number of hydrogen-bond acceptors (Lipinski definition) is 2. The van der Waals surface area contributed by atoms with E-state index in [0.29, 0.717) is 11.8 Å². The molecule has 1 heterocycles. The zero-order chi connectivity index (χ0) is 36.7. The molecule has 0 amide bonds. The van der Waals surface area contributed by atoms with Crippen molar-refractivity contribution in [3.63, 3.8) is 0 Å². The maximum absolute atomic E-state index is 6.40. The first-order valence-corrected chi connectivity index (χ1v) is 19.3. The van der Waals surface area contributed by atoms with Gasteiger partial charge in [0.05, 0.1) is 11.1 Å². The van der Waals surface area contributed by atoms with Crippen molar-refractivity contribution in [1.29, 1.82) is 0 Å². The highest BCUT2D eigenvalue weighted by Crippen LogP contribution is 2.57. The lowest BCUT2D eigenvalue weighted by Crippen LogP contribution is -2.24. The summed E-state index contributed by atoms with van der Waals surface area (Å²) in [6, 6.07) is 59.6. The number of nitrogens with zero attached hydrogens (tertiary/aromatic N) is 1. The van der Waals surface area contributed by atoms with Crippen LogP contribution in [0.2, 0.25) is 0 Å². The Morgan fingerprint density at radius 2 is 1.22 bits per heavy atom. The molecule has 55 heavy (non-hydrogen) atoms. The predicted octanol–water partition coefficient (Wildman–Crippen LogP) is 14.8. The second-order valence-electron chi connectivity index (χ2n) is 15.7. The minimum atomic E-state index is 0.0209. The van der Waals surface area contributed by atoms with E-state index in [2.05, 4.69) is 201 Å². The molecule has 11 rings (SSSR count). The highest BCUT2D eigenvalue weighted by molar-refractivity contribution is 6.13. The molecule has 2 heteroatoms. The molecule has 8 aromatic carbocycles. The lowest BCUT2D eigenvalue weighted by Gasteiger charge is -2.29. The van der Waals surface area contributed by atoms with Crippen molar-refractivity contribution in [1.82, 2.24) is 0 Å². The monoisotopic (exact) mass is 705 g/mol. The van der Waals surface area contributed by atoms with E-state index >= 15 is 0 Å². The third-order valence-corrected chi connectivity index (χ3v) is 12.3. The Hall–Kier alpha value is -6.64. The van der Waals surface area contributed by atoms with Crippen LogP contribution in [0.25, 0.3) is 65.7 Å². The molecule has 2 atom stereocenters. The van der Waals surface area contributed by atoms with Crippen molar-refractivity contribution < 1.29 is 4.42 Å². The molecule has 0 N–H and O–H groups in total. The molecule has 0 spiro atoms. The van der Waals surface area contributed by atoms with E-state index < -0.39 is 0 Å². The number of allylic oxidation sites excluding steroid dienone is 4. The van der Waals surface area contributed by atoms with Crippen LogP contribution in [-0.4, -0.2) is 0 Å². The molecule has 2 nitrogen and oxygen atoms in total. The highest BCUT2D eigenvalue weighted by Gasteiger charge is 2.46. The van der Waals surface area contributed by atoms with Crippen LogP contribution in [0.3, 0.4) is 0 Å². The van der Waals surface area contributed by atoms with Gasteiger partial charge in [-0.05, 0) is 121 Å². The molecule has 0 radical (unpaired) electrons. The van der Waals surface area contributed by atoms with E-state index in [0.717, 1.165) is 39.0 Å². The summed E-state index contributed by atoms with van der Waals surface area (Å²) in [7, 11) is 0. The van der Waals surface area contributed by atoms with Gasteiger partial charge in [0.2, 0.25) is 0 Å². The van der Waals surface area contributed by atoms with Crippen LogP contribution in [0.1, 0.15) is 30.9 Å². The van der Waals surface area contributed by atoms with Crippen LogP contribution in [0, 0.1) is 5.92 Å². The first kappa shape index (κ1) is 31.8. The van der Waals surface area contributed by atoms with Gasteiger partial charge in [-0.1, -0.05) is 147 Å². The molecule has 2 unspecified atom stereocenters. The Bertz CT molecular complexity index is 3030. The molecular weight excluding hydrogens is 667 g/mol. The van der Waals surface area contributed by atoms with Gasteiger partial charge >= 0.3 is 0 Å². The largest absolute Gasteiger partial charge is 0.456 e. The van der Waals surface area contributed by atoms with Gasteiger partial charge in [0.25, 0.3) is 0 Å². The molecular formula is C53H39NO. The summed E-state index contributed by atoms with van der Waals surface area (Å²) in [5.41, 5.74) is 13.0. The van der Waals surface area contributed by atoms with Crippen LogP contribution < -0.4 is 4.90 Å². The fourth-order valence-corrected chi connectivity index (χ4v) is 9.75. The SMILES string of the molecule is CC1(C)c2c(c(-c3ccc4cc(N(c5cccc(-c6ccccc6)c5)c5cccc6oc7ccccc7c56)ccc4c3)cc3ccccc23)C2C=CC=CC21. The number of fused-ring (bicyclic) bond motifs is 9. The quantitative estimate of drug-likeness (QED) is 0.177. The lowest BCUT2D eigenvalue weighted by molar-refractivity contribution is 0.396. The summed E-state index contributed by atoms with van der Waals surface area (Å²) < 4.78 is 6.40. The Balaban J connectivity index is 1.09. The van der Waals surface area contributed by atoms with Gasteiger partial charge in [0.15, 0.2) is 0 Å². The fraction of sp³-hybridized carbons (Fsp3) is 0.0943. The molecule has 0 saturated carbocycles. The topological polar surface area (TPSA) is 16.4 Å². The minimum Gasteiger partial charge on any atom is -0.456 e. The molecule has 9 aromatic rings. The van der Waals surface area contributed by atoms with Crippen LogP contribution in [0.4, 0.5) is 17.1 Å². The van der Waals surface area contributed by atoms with Crippen molar-refractivity contribution in [3.8, 4) is 22.3 Å². The van der Waals surface area contributed by atoms with Crippen LogP contribution >= 0.6 is 0 Å². The summed E-state index contributed by atoms with van der Waals surface area (Å²) in [4.78, 5) is 2.39. The summed E-state index contributed by atoms with van der Waals surface area (Å²) in [5.74, 6) is 0.790. The zero-order valence-electron chi connectivity index (χ0n) is 30.9. The molecule has 262 valence electrons. The van der Waals surface area contributed by atoms with Crippen LogP contribution in [0.15, 0.2) is 193 Å². The van der Waals surface area contributed by atoms with Gasteiger partial charge in [-0.2, -0.15) is 0 Å². The summed E-state index contributed by atoms with van der Waals surface area (Å²) >= 11 is 0. The lowest BCUT2D eigenvalue weighted by atomic mass is 9.74. The molecule has 0 fully saturated rings. The van der Waals surface area contributed by atoms with Crippen molar-refractivity contribution in [2.45, 2.75) is 25.2 Å². The third kappa shape index (κ3) is 4.95.